The number of fused-ring (bicyclic) bond motifs is 5. The number of ether oxygens (including phenoxy) is 1. The topological polar surface area (TPSA) is 80.7 Å². The third kappa shape index (κ3) is 2.38. The minimum absolute atomic E-state index is 0.0287. The summed E-state index contributed by atoms with van der Waals surface area (Å²) in [6, 6.07) is 0. The van der Waals surface area contributed by atoms with Gasteiger partial charge in [-0.15, -0.1) is 0 Å². The molecule has 5 nitrogen and oxygen atoms in total. The lowest BCUT2D eigenvalue weighted by molar-refractivity contribution is -0.231. The number of aliphatic hydroxyl groups is 1. The van der Waals surface area contributed by atoms with Gasteiger partial charge >= 0.3 is 5.97 Å². The zero-order valence-corrected chi connectivity index (χ0v) is 17.7. The van der Waals surface area contributed by atoms with Crippen LogP contribution in [0.2, 0.25) is 0 Å². The number of carbonyl (C=O) groups excluding carboxylic acids is 3. The lowest BCUT2D eigenvalue weighted by Crippen LogP contribution is -2.69. The van der Waals surface area contributed by atoms with Crippen LogP contribution in [0.3, 0.4) is 0 Å². The summed E-state index contributed by atoms with van der Waals surface area (Å²) < 4.78 is 22.6. The smallest absolute Gasteiger partial charge is 0.303 e. The monoisotopic (exact) mass is 406 g/mol. The largest absolute Gasteiger partial charge is 0.451 e. The van der Waals surface area contributed by atoms with Crippen molar-refractivity contribution in [3.8, 4) is 0 Å². The molecular formula is C23H31FO5. The second-order valence-corrected chi connectivity index (χ2v) is 10.1. The van der Waals surface area contributed by atoms with E-state index in [9.17, 15) is 19.5 Å². The zero-order chi connectivity index (χ0) is 21.4. The van der Waals surface area contributed by atoms with Gasteiger partial charge < -0.3 is 9.84 Å². The van der Waals surface area contributed by atoms with E-state index in [1.54, 1.807) is 6.08 Å². The highest BCUT2D eigenvalue weighted by atomic mass is 19.1. The molecule has 4 rings (SSSR count). The number of hydrogen-bond acceptors (Lipinski definition) is 5. The van der Waals surface area contributed by atoms with Crippen molar-refractivity contribution in [3.63, 3.8) is 0 Å². The fourth-order valence-corrected chi connectivity index (χ4v) is 7.62. The van der Waals surface area contributed by atoms with Crippen LogP contribution in [-0.2, 0) is 19.1 Å². The van der Waals surface area contributed by atoms with Crippen molar-refractivity contribution >= 4 is 17.5 Å². The van der Waals surface area contributed by atoms with Gasteiger partial charge in [-0.25, -0.2) is 4.39 Å². The Balaban J connectivity index is 1.81. The molecule has 6 heteroatoms. The number of hydrogen-bond donors (Lipinski definition) is 1. The number of ketones is 2. The SMILES string of the molecule is CC(=O)O[C@]1(C(C)=O)CC[C@@H]2[C@@H]3CCC4=CC(=O)CC[C@]4(C)[C@@]3(F)[C@@H](O)C[C@@]21C. The van der Waals surface area contributed by atoms with Gasteiger partial charge in [-0.1, -0.05) is 19.4 Å². The van der Waals surface area contributed by atoms with Gasteiger partial charge in [0.15, 0.2) is 17.2 Å². The Morgan fingerprint density at radius 2 is 1.83 bits per heavy atom. The molecule has 160 valence electrons. The molecule has 1 N–H and O–H groups in total. The number of rotatable bonds is 2. The van der Waals surface area contributed by atoms with Gasteiger partial charge in [-0.05, 0) is 57.4 Å². The van der Waals surface area contributed by atoms with Gasteiger partial charge in [0.25, 0.3) is 0 Å². The molecule has 4 aliphatic rings. The van der Waals surface area contributed by atoms with Crippen LogP contribution in [0.4, 0.5) is 4.39 Å². The molecule has 3 fully saturated rings. The summed E-state index contributed by atoms with van der Waals surface area (Å²) in [6.07, 6.45) is 3.15. The third-order valence-electron chi connectivity index (χ3n) is 9.05. The van der Waals surface area contributed by atoms with Crippen LogP contribution in [0.15, 0.2) is 11.6 Å². The van der Waals surface area contributed by atoms with Gasteiger partial charge in [0, 0.05) is 30.1 Å². The zero-order valence-electron chi connectivity index (χ0n) is 17.7. The molecule has 0 aliphatic heterocycles. The van der Waals surface area contributed by atoms with Crippen LogP contribution in [0.1, 0.15) is 72.6 Å². The normalized spacial score (nSPS) is 48.8. The maximum absolute atomic E-state index is 17.0. The summed E-state index contributed by atoms with van der Waals surface area (Å²) in [5.41, 5.74) is -4.05. The average Bonchev–Trinajstić information content (AvgIpc) is 2.90. The molecule has 0 radical (unpaired) electrons. The van der Waals surface area contributed by atoms with E-state index < -0.39 is 40.1 Å². The fourth-order valence-electron chi connectivity index (χ4n) is 7.62. The van der Waals surface area contributed by atoms with Crippen molar-refractivity contribution in [2.24, 2.45) is 22.7 Å². The lowest BCUT2D eigenvalue weighted by Gasteiger charge is -2.63. The number of allylic oxidation sites excluding steroid dienone is 1. The molecule has 0 amide bonds. The van der Waals surface area contributed by atoms with E-state index in [1.807, 2.05) is 13.8 Å². The predicted octanol–water partition coefficient (Wildman–Crippen LogP) is 3.47. The molecule has 3 saturated carbocycles. The van der Waals surface area contributed by atoms with Crippen molar-refractivity contribution < 1.29 is 28.6 Å². The molecule has 0 unspecified atom stereocenters. The number of esters is 1. The van der Waals surface area contributed by atoms with E-state index >= 15 is 4.39 Å². The Kier molecular flexibility index (Phi) is 4.44. The second-order valence-electron chi connectivity index (χ2n) is 10.1. The van der Waals surface area contributed by atoms with Crippen LogP contribution in [-0.4, -0.2) is 40.0 Å². The molecule has 0 saturated heterocycles. The second kappa shape index (κ2) is 6.22. The molecule has 4 aliphatic carbocycles. The Bertz CT molecular complexity index is 820. The summed E-state index contributed by atoms with van der Waals surface area (Å²) in [7, 11) is 0. The predicted molar refractivity (Wildman–Crippen MR) is 104 cm³/mol. The maximum Gasteiger partial charge on any atom is 0.303 e. The first-order valence-electron chi connectivity index (χ1n) is 10.7. The highest BCUT2D eigenvalue weighted by Crippen LogP contribution is 2.70. The Morgan fingerprint density at radius 1 is 1.14 bits per heavy atom. The van der Waals surface area contributed by atoms with Gasteiger partial charge in [0.05, 0.1) is 6.10 Å². The third-order valence-corrected chi connectivity index (χ3v) is 9.05. The molecule has 0 aromatic rings. The van der Waals surface area contributed by atoms with Gasteiger partial charge in [-0.2, -0.15) is 0 Å². The van der Waals surface area contributed by atoms with Crippen molar-refractivity contribution in [3.05, 3.63) is 11.6 Å². The molecule has 0 heterocycles. The maximum atomic E-state index is 17.0. The van der Waals surface area contributed by atoms with E-state index in [4.69, 9.17) is 4.74 Å². The Morgan fingerprint density at radius 3 is 2.45 bits per heavy atom. The molecular weight excluding hydrogens is 375 g/mol. The van der Waals surface area contributed by atoms with Crippen LogP contribution in [0.25, 0.3) is 0 Å². The summed E-state index contributed by atoms with van der Waals surface area (Å²) in [4.78, 5) is 36.6. The summed E-state index contributed by atoms with van der Waals surface area (Å²) in [5.74, 6) is -1.35. The first-order valence-corrected chi connectivity index (χ1v) is 10.7. The van der Waals surface area contributed by atoms with E-state index in [-0.39, 0.29) is 30.3 Å². The molecule has 0 aromatic carbocycles. The highest BCUT2D eigenvalue weighted by Gasteiger charge is 2.75. The summed E-state index contributed by atoms with van der Waals surface area (Å²) in [6.45, 7) is 6.45. The molecule has 29 heavy (non-hydrogen) atoms. The van der Waals surface area contributed by atoms with Gasteiger partial charge in [0.1, 0.15) is 5.67 Å². The molecule has 0 spiro atoms. The van der Waals surface area contributed by atoms with Gasteiger partial charge in [0.2, 0.25) is 0 Å². The number of alkyl halides is 1. The quantitative estimate of drug-likeness (QED) is 0.710. The number of halogens is 1. The minimum atomic E-state index is -1.86. The standard InChI is InChI=1S/C23H31FO5/c1-13(25)22(29-14(2)26)10-8-17-18-6-5-15-11-16(27)7-9-20(15,3)23(18,24)19(28)12-21(17,22)4/h11,17-19,28H,5-10,12H2,1-4H3/t17-,18+,19+,20+,21+,22+,23+/m1/s1. The van der Waals surface area contributed by atoms with Crippen molar-refractivity contribution in [2.45, 2.75) is 90.0 Å². The van der Waals surface area contributed by atoms with Crippen LogP contribution < -0.4 is 0 Å². The first-order chi connectivity index (χ1) is 13.4. The minimum Gasteiger partial charge on any atom is -0.451 e. The fraction of sp³-hybridized carbons (Fsp3) is 0.783. The van der Waals surface area contributed by atoms with Crippen LogP contribution >= 0.6 is 0 Å². The van der Waals surface area contributed by atoms with Gasteiger partial charge in [-0.3, -0.25) is 14.4 Å². The number of carbonyl (C=O) groups is 3. The first kappa shape index (κ1) is 20.7. The Hall–Kier alpha value is -1.56. The summed E-state index contributed by atoms with van der Waals surface area (Å²) in [5, 5.41) is 11.3. The Labute approximate surface area is 171 Å². The molecule has 0 aromatic heterocycles. The summed E-state index contributed by atoms with van der Waals surface area (Å²) >= 11 is 0. The van der Waals surface area contributed by atoms with Crippen LogP contribution in [0.5, 0.6) is 0 Å². The lowest BCUT2D eigenvalue weighted by atomic mass is 9.44. The number of aliphatic hydroxyl groups excluding tert-OH is 1. The molecule has 7 atom stereocenters. The average molecular weight is 406 g/mol. The van der Waals surface area contributed by atoms with E-state index in [0.717, 1.165) is 5.57 Å². The van der Waals surface area contributed by atoms with Crippen molar-refractivity contribution in [2.75, 3.05) is 0 Å². The van der Waals surface area contributed by atoms with Crippen LogP contribution in [0, 0.1) is 22.7 Å². The molecule has 0 bridgehead atoms. The van der Waals surface area contributed by atoms with Crippen molar-refractivity contribution in [1.82, 2.24) is 0 Å². The van der Waals surface area contributed by atoms with E-state index in [1.165, 1.54) is 13.8 Å². The highest BCUT2D eigenvalue weighted by molar-refractivity contribution is 5.92. The number of Topliss-reactive ketones (excluding diaryl/α,β-unsaturated/α-hetero) is 1. The van der Waals surface area contributed by atoms with E-state index in [2.05, 4.69) is 0 Å². The van der Waals surface area contributed by atoms with E-state index in [0.29, 0.717) is 32.1 Å². The van der Waals surface area contributed by atoms with Crippen molar-refractivity contribution in [1.29, 1.82) is 0 Å².